The van der Waals surface area contributed by atoms with Gasteiger partial charge < -0.3 is 4.90 Å². The second-order valence-corrected chi connectivity index (χ2v) is 5.00. The molecule has 0 aliphatic heterocycles. The first-order valence-corrected chi connectivity index (χ1v) is 6.40. The van der Waals surface area contributed by atoms with E-state index in [2.05, 4.69) is 5.32 Å². The van der Waals surface area contributed by atoms with Crippen molar-refractivity contribution < 1.29 is 9.59 Å². The molecule has 0 spiro atoms. The summed E-state index contributed by atoms with van der Waals surface area (Å²) in [6.45, 7) is 0.810. The molecule has 3 amide bonds. The van der Waals surface area contributed by atoms with E-state index >= 15 is 0 Å². The van der Waals surface area contributed by atoms with Crippen LogP contribution in [0.4, 0.5) is 4.79 Å². The molecule has 4 nitrogen and oxygen atoms in total. The summed E-state index contributed by atoms with van der Waals surface area (Å²) in [4.78, 5) is 24.9. The highest BCUT2D eigenvalue weighted by atomic mass is 35.5. The molecule has 0 radical (unpaired) electrons. The number of carbonyl (C=O) groups excluding carboxylic acids is 2. The molecule has 0 unspecified atom stereocenters. The van der Waals surface area contributed by atoms with E-state index in [0.29, 0.717) is 12.0 Å². The van der Waals surface area contributed by atoms with E-state index < -0.39 is 0 Å². The zero-order valence-corrected chi connectivity index (χ0v) is 10.0. The lowest BCUT2D eigenvalue weighted by Crippen LogP contribution is -2.45. The van der Waals surface area contributed by atoms with Crippen LogP contribution in [0.1, 0.15) is 32.1 Å². The molecule has 16 heavy (non-hydrogen) atoms. The Morgan fingerprint density at radius 3 is 2.44 bits per heavy atom. The number of nitrogens with zero attached hydrogens (tertiary/aromatic N) is 1. The Labute approximate surface area is 100 Å². The van der Waals surface area contributed by atoms with Crippen LogP contribution in [0.15, 0.2) is 0 Å². The molecule has 2 fully saturated rings. The molecule has 2 rings (SSSR count). The van der Waals surface area contributed by atoms with Gasteiger partial charge in [0.15, 0.2) is 0 Å². The number of halogens is 1. The lowest BCUT2D eigenvalue weighted by Gasteiger charge is -2.22. The Kier molecular flexibility index (Phi) is 3.69. The minimum atomic E-state index is -0.276. The van der Waals surface area contributed by atoms with Gasteiger partial charge in [-0.3, -0.25) is 10.1 Å². The molecule has 90 valence electrons. The van der Waals surface area contributed by atoms with Gasteiger partial charge in [-0.15, -0.1) is 11.6 Å². The molecule has 0 aromatic rings. The molecule has 2 saturated carbocycles. The second kappa shape index (κ2) is 5.04. The van der Waals surface area contributed by atoms with Gasteiger partial charge in [-0.05, 0) is 31.6 Å². The predicted octanol–water partition coefficient (Wildman–Crippen LogP) is 1.73. The van der Waals surface area contributed by atoms with Gasteiger partial charge in [0, 0.05) is 24.9 Å². The van der Waals surface area contributed by atoms with Crippen LogP contribution >= 0.6 is 11.6 Å². The fraction of sp³-hybridized carbons (Fsp3) is 0.818. The van der Waals surface area contributed by atoms with Crippen LogP contribution in [0.5, 0.6) is 0 Å². The number of urea groups is 1. The standard InChI is InChI=1S/C11H17ClN2O2/c12-6-5-10(15)13-11(16)14(9-3-4-9)7-8-1-2-8/h8-9H,1-7H2,(H,13,15,16). The number of hydrogen-bond donors (Lipinski definition) is 1. The summed E-state index contributed by atoms with van der Waals surface area (Å²) < 4.78 is 0. The molecule has 0 aromatic heterocycles. The summed E-state index contributed by atoms with van der Waals surface area (Å²) in [6, 6.07) is 0.133. The van der Waals surface area contributed by atoms with E-state index in [1.807, 2.05) is 4.90 Å². The van der Waals surface area contributed by atoms with Gasteiger partial charge in [0.05, 0.1) is 0 Å². The topological polar surface area (TPSA) is 49.4 Å². The maximum atomic E-state index is 11.8. The van der Waals surface area contributed by atoms with Gasteiger partial charge in [0.2, 0.25) is 5.91 Å². The maximum absolute atomic E-state index is 11.8. The minimum absolute atomic E-state index is 0.204. The molecule has 0 atom stereocenters. The van der Waals surface area contributed by atoms with Crippen molar-refractivity contribution in [3.8, 4) is 0 Å². The van der Waals surface area contributed by atoms with E-state index in [0.717, 1.165) is 19.4 Å². The molecule has 0 aromatic carbocycles. The number of imide groups is 1. The van der Waals surface area contributed by atoms with Crippen molar-refractivity contribution in [3.05, 3.63) is 0 Å². The van der Waals surface area contributed by atoms with Crippen LogP contribution in [0.3, 0.4) is 0 Å². The third-order valence-corrected chi connectivity index (χ3v) is 3.16. The van der Waals surface area contributed by atoms with Crippen molar-refractivity contribution in [2.75, 3.05) is 12.4 Å². The molecular weight excluding hydrogens is 228 g/mol. The van der Waals surface area contributed by atoms with Crippen LogP contribution in [0.25, 0.3) is 0 Å². The van der Waals surface area contributed by atoms with Crippen molar-refractivity contribution in [3.63, 3.8) is 0 Å². The summed E-state index contributed by atoms with van der Waals surface area (Å²) >= 11 is 5.44. The number of rotatable bonds is 5. The molecule has 0 bridgehead atoms. The third kappa shape index (κ3) is 3.37. The van der Waals surface area contributed by atoms with Gasteiger partial charge in [-0.2, -0.15) is 0 Å². The highest BCUT2D eigenvalue weighted by Crippen LogP contribution is 2.34. The van der Waals surface area contributed by atoms with Crippen molar-refractivity contribution in [2.24, 2.45) is 5.92 Å². The lowest BCUT2D eigenvalue weighted by molar-refractivity contribution is -0.119. The quantitative estimate of drug-likeness (QED) is 0.749. The zero-order chi connectivity index (χ0) is 11.5. The number of carbonyl (C=O) groups is 2. The summed E-state index contributed by atoms with van der Waals surface area (Å²) in [5.41, 5.74) is 0. The van der Waals surface area contributed by atoms with Crippen molar-refractivity contribution in [1.82, 2.24) is 10.2 Å². The first kappa shape index (κ1) is 11.7. The molecule has 2 aliphatic carbocycles. The third-order valence-electron chi connectivity index (χ3n) is 2.97. The zero-order valence-electron chi connectivity index (χ0n) is 9.25. The molecular formula is C11H17ClN2O2. The summed E-state index contributed by atoms with van der Waals surface area (Å²) in [7, 11) is 0. The van der Waals surface area contributed by atoms with Gasteiger partial charge in [-0.1, -0.05) is 0 Å². The SMILES string of the molecule is O=C(CCCl)NC(=O)N(CC1CC1)C1CC1. The average molecular weight is 245 g/mol. The van der Waals surface area contributed by atoms with Crippen LogP contribution < -0.4 is 5.32 Å². The number of hydrogen-bond acceptors (Lipinski definition) is 2. The predicted molar refractivity (Wildman–Crippen MR) is 61.3 cm³/mol. The maximum Gasteiger partial charge on any atom is 0.324 e. The number of alkyl halides is 1. The Balaban J connectivity index is 1.81. The first-order valence-electron chi connectivity index (χ1n) is 5.87. The van der Waals surface area contributed by atoms with Crippen LogP contribution in [-0.2, 0) is 4.79 Å². The van der Waals surface area contributed by atoms with Crippen molar-refractivity contribution in [2.45, 2.75) is 38.1 Å². The van der Waals surface area contributed by atoms with E-state index in [1.54, 1.807) is 0 Å². The normalized spacial score (nSPS) is 19.3. The fourth-order valence-corrected chi connectivity index (χ4v) is 1.87. The highest BCUT2D eigenvalue weighted by molar-refractivity contribution is 6.19. The highest BCUT2D eigenvalue weighted by Gasteiger charge is 2.36. The molecule has 5 heteroatoms. The van der Waals surface area contributed by atoms with Crippen molar-refractivity contribution >= 4 is 23.5 Å². The van der Waals surface area contributed by atoms with E-state index in [-0.39, 0.29) is 24.2 Å². The largest absolute Gasteiger partial charge is 0.324 e. The van der Waals surface area contributed by atoms with E-state index in [1.165, 1.54) is 12.8 Å². The second-order valence-electron chi connectivity index (χ2n) is 4.62. The van der Waals surface area contributed by atoms with Crippen LogP contribution in [0, 0.1) is 5.92 Å². The molecule has 2 aliphatic rings. The number of amides is 3. The van der Waals surface area contributed by atoms with Crippen LogP contribution in [-0.4, -0.2) is 35.3 Å². The minimum Gasteiger partial charge on any atom is -0.321 e. The lowest BCUT2D eigenvalue weighted by atomic mass is 10.3. The smallest absolute Gasteiger partial charge is 0.321 e. The molecule has 1 N–H and O–H groups in total. The molecule has 0 saturated heterocycles. The average Bonchev–Trinajstić information content (AvgIpc) is 3.08. The Bertz CT molecular complexity index is 288. The summed E-state index contributed by atoms with van der Waals surface area (Å²) in [5, 5.41) is 2.40. The van der Waals surface area contributed by atoms with Crippen LogP contribution in [0.2, 0.25) is 0 Å². The summed E-state index contributed by atoms with van der Waals surface area (Å²) in [5.74, 6) is 0.640. The number of nitrogens with one attached hydrogen (secondary N) is 1. The fourth-order valence-electron chi connectivity index (χ4n) is 1.70. The summed E-state index contributed by atoms with van der Waals surface area (Å²) in [6.07, 6.45) is 4.78. The first-order chi connectivity index (χ1) is 7.70. The van der Waals surface area contributed by atoms with Gasteiger partial charge >= 0.3 is 6.03 Å². The van der Waals surface area contributed by atoms with Gasteiger partial charge in [-0.25, -0.2) is 4.79 Å². The monoisotopic (exact) mass is 244 g/mol. The van der Waals surface area contributed by atoms with Gasteiger partial charge in [0.25, 0.3) is 0 Å². The Hall–Kier alpha value is -0.770. The van der Waals surface area contributed by atoms with Crippen molar-refractivity contribution in [1.29, 1.82) is 0 Å². The van der Waals surface area contributed by atoms with E-state index in [9.17, 15) is 9.59 Å². The Morgan fingerprint density at radius 1 is 1.25 bits per heavy atom. The van der Waals surface area contributed by atoms with E-state index in [4.69, 9.17) is 11.6 Å². The molecule has 0 heterocycles. The Morgan fingerprint density at radius 2 is 1.94 bits per heavy atom. The van der Waals surface area contributed by atoms with Gasteiger partial charge in [0.1, 0.15) is 0 Å².